The minimum Gasteiger partial charge on any atom is -0.393 e. The van der Waals surface area contributed by atoms with Crippen LogP contribution in [0.5, 0.6) is 0 Å². The van der Waals surface area contributed by atoms with Crippen LogP contribution < -0.4 is 0 Å². The number of piperidine rings is 1. The third-order valence-electron chi connectivity index (χ3n) is 4.37. The number of carbonyl (C=O) groups excluding carboxylic acids is 1. The minimum atomic E-state index is -0.377. The summed E-state index contributed by atoms with van der Waals surface area (Å²) in [7, 11) is 0. The zero-order chi connectivity index (χ0) is 13.6. The van der Waals surface area contributed by atoms with Crippen LogP contribution >= 0.6 is 0 Å². The molecule has 2 saturated heterocycles. The molecule has 0 aromatic heterocycles. The summed E-state index contributed by atoms with van der Waals surface area (Å²) < 4.78 is 13.3. The highest BCUT2D eigenvalue weighted by molar-refractivity contribution is 5.96. The summed E-state index contributed by atoms with van der Waals surface area (Å²) in [4.78, 5) is 14.5. The Balaban J connectivity index is 1.90. The van der Waals surface area contributed by atoms with E-state index in [0.29, 0.717) is 18.4 Å². The molecule has 2 unspecified atom stereocenters. The van der Waals surface area contributed by atoms with E-state index in [-0.39, 0.29) is 29.9 Å². The van der Waals surface area contributed by atoms with Crippen molar-refractivity contribution < 1.29 is 14.3 Å². The molecule has 1 aromatic rings. The molecule has 2 aliphatic heterocycles. The van der Waals surface area contributed by atoms with Crippen molar-refractivity contribution in [3.63, 3.8) is 0 Å². The van der Waals surface area contributed by atoms with Crippen LogP contribution in [0, 0.1) is 12.7 Å². The number of halogens is 1. The molecule has 1 amide bonds. The van der Waals surface area contributed by atoms with Gasteiger partial charge in [-0.05, 0) is 50.3 Å². The summed E-state index contributed by atoms with van der Waals surface area (Å²) in [6.07, 6.45) is 2.90. The Kier molecular flexibility index (Phi) is 3.05. The molecule has 102 valence electrons. The van der Waals surface area contributed by atoms with Crippen molar-refractivity contribution in [3.8, 4) is 0 Å². The second kappa shape index (κ2) is 4.60. The first-order chi connectivity index (χ1) is 9.06. The second-order valence-electron chi connectivity index (χ2n) is 5.68. The first-order valence-corrected chi connectivity index (χ1v) is 6.83. The van der Waals surface area contributed by atoms with Crippen LogP contribution in [-0.4, -0.2) is 34.1 Å². The van der Waals surface area contributed by atoms with Crippen LogP contribution in [0.3, 0.4) is 0 Å². The van der Waals surface area contributed by atoms with Crippen molar-refractivity contribution in [1.29, 1.82) is 0 Å². The highest BCUT2D eigenvalue weighted by Crippen LogP contribution is 2.37. The van der Waals surface area contributed by atoms with Crippen LogP contribution in [0.1, 0.15) is 41.6 Å². The van der Waals surface area contributed by atoms with E-state index in [9.17, 15) is 14.3 Å². The van der Waals surface area contributed by atoms with Crippen molar-refractivity contribution in [2.45, 2.75) is 50.8 Å². The van der Waals surface area contributed by atoms with Gasteiger partial charge in [-0.25, -0.2) is 4.39 Å². The Morgan fingerprint density at radius 3 is 2.58 bits per heavy atom. The van der Waals surface area contributed by atoms with Gasteiger partial charge in [0.25, 0.3) is 5.91 Å². The number of amides is 1. The molecule has 2 bridgehead atoms. The van der Waals surface area contributed by atoms with E-state index in [1.165, 1.54) is 12.1 Å². The first kappa shape index (κ1) is 12.6. The Morgan fingerprint density at radius 2 is 1.95 bits per heavy atom. The number of carbonyl (C=O) groups is 1. The predicted molar refractivity (Wildman–Crippen MR) is 69.4 cm³/mol. The van der Waals surface area contributed by atoms with E-state index in [0.717, 1.165) is 18.4 Å². The van der Waals surface area contributed by atoms with Gasteiger partial charge in [-0.2, -0.15) is 0 Å². The molecule has 0 aliphatic carbocycles. The van der Waals surface area contributed by atoms with E-state index in [4.69, 9.17) is 0 Å². The molecule has 0 radical (unpaired) electrons. The van der Waals surface area contributed by atoms with Gasteiger partial charge in [0.05, 0.1) is 6.10 Å². The van der Waals surface area contributed by atoms with Crippen LogP contribution in [0.25, 0.3) is 0 Å². The maximum absolute atomic E-state index is 13.3. The van der Waals surface area contributed by atoms with Gasteiger partial charge in [0.1, 0.15) is 5.82 Å². The Hall–Kier alpha value is -1.42. The largest absolute Gasteiger partial charge is 0.393 e. The number of fused-ring (bicyclic) bond motifs is 2. The van der Waals surface area contributed by atoms with E-state index < -0.39 is 0 Å². The smallest absolute Gasteiger partial charge is 0.254 e. The monoisotopic (exact) mass is 263 g/mol. The van der Waals surface area contributed by atoms with Crippen molar-refractivity contribution in [3.05, 3.63) is 35.1 Å². The minimum absolute atomic E-state index is 0.0867. The summed E-state index contributed by atoms with van der Waals surface area (Å²) in [5.74, 6) is -0.463. The lowest BCUT2D eigenvalue weighted by Crippen LogP contribution is -2.48. The average molecular weight is 263 g/mol. The summed E-state index contributed by atoms with van der Waals surface area (Å²) in [5.41, 5.74) is 1.25. The van der Waals surface area contributed by atoms with Gasteiger partial charge in [-0.15, -0.1) is 0 Å². The number of hydrogen-bond acceptors (Lipinski definition) is 2. The predicted octanol–water partition coefficient (Wildman–Crippen LogP) is 2.26. The van der Waals surface area contributed by atoms with Crippen LogP contribution in [-0.2, 0) is 0 Å². The van der Waals surface area contributed by atoms with Crippen molar-refractivity contribution >= 4 is 5.91 Å². The maximum Gasteiger partial charge on any atom is 0.254 e. The summed E-state index contributed by atoms with van der Waals surface area (Å²) >= 11 is 0. The van der Waals surface area contributed by atoms with Crippen molar-refractivity contribution in [1.82, 2.24) is 4.90 Å². The van der Waals surface area contributed by atoms with Crippen LogP contribution in [0.4, 0.5) is 4.39 Å². The lowest BCUT2D eigenvalue weighted by molar-refractivity contribution is 0.0286. The highest BCUT2D eigenvalue weighted by Gasteiger charge is 2.43. The van der Waals surface area contributed by atoms with Gasteiger partial charge >= 0.3 is 0 Å². The quantitative estimate of drug-likeness (QED) is 0.844. The molecule has 1 N–H and O–H groups in total. The highest BCUT2D eigenvalue weighted by atomic mass is 19.1. The zero-order valence-corrected chi connectivity index (χ0v) is 11.0. The zero-order valence-electron chi connectivity index (χ0n) is 11.0. The van der Waals surface area contributed by atoms with Gasteiger partial charge in [-0.3, -0.25) is 4.79 Å². The van der Waals surface area contributed by atoms with Gasteiger partial charge < -0.3 is 10.0 Å². The number of aliphatic hydroxyl groups excluding tert-OH is 1. The fraction of sp³-hybridized carbons (Fsp3) is 0.533. The van der Waals surface area contributed by atoms with Crippen molar-refractivity contribution in [2.75, 3.05) is 0 Å². The molecule has 0 saturated carbocycles. The lowest BCUT2D eigenvalue weighted by atomic mass is 9.97. The fourth-order valence-corrected chi connectivity index (χ4v) is 3.44. The number of rotatable bonds is 1. The van der Waals surface area contributed by atoms with E-state index in [1.807, 2.05) is 11.8 Å². The van der Waals surface area contributed by atoms with Crippen LogP contribution in [0.15, 0.2) is 18.2 Å². The van der Waals surface area contributed by atoms with Crippen LogP contribution in [0.2, 0.25) is 0 Å². The topological polar surface area (TPSA) is 40.5 Å². The number of benzene rings is 1. The van der Waals surface area contributed by atoms with Gasteiger partial charge in [0.15, 0.2) is 0 Å². The molecule has 4 heteroatoms. The maximum atomic E-state index is 13.3. The normalized spacial score (nSPS) is 29.6. The average Bonchev–Trinajstić information content (AvgIpc) is 2.64. The SMILES string of the molecule is Cc1ccc(F)cc1C(=O)N1C2CCC1CC(O)C2. The summed E-state index contributed by atoms with van der Waals surface area (Å²) in [6, 6.07) is 4.57. The molecule has 2 heterocycles. The molecule has 3 nitrogen and oxygen atoms in total. The molecule has 2 atom stereocenters. The summed E-state index contributed by atoms with van der Waals surface area (Å²) in [5, 5.41) is 9.76. The number of nitrogens with zero attached hydrogens (tertiary/aromatic N) is 1. The third-order valence-corrected chi connectivity index (χ3v) is 4.37. The first-order valence-electron chi connectivity index (χ1n) is 6.83. The number of aliphatic hydroxyl groups is 1. The van der Waals surface area contributed by atoms with Gasteiger partial charge in [0.2, 0.25) is 0 Å². The standard InChI is InChI=1S/C15H18FNO2/c1-9-2-3-10(16)6-14(9)15(19)17-11-4-5-12(17)8-13(18)7-11/h2-3,6,11-13,18H,4-5,7-8H2,1H3. The Bertz CT molecular complexity index is 503. The van der Waals surface area contributed by atoms with E-state index in [1.54, 1.807) is 6.07 Å². The molecule has 19 heavy (non-hydrogen) atoms. The number of hydrogen-bond donors (Lipinski definition) is 1. The fourth-order valence-electron chi connectivity index (χ4n) is 3.44. The van der Waals surface area contributed by atoms with Gasteiger partial charge in [-0.1, -0.05) is 6.07 Å². The molecule has 0 spiro atoms. The van der Waals surface area contributed by atoms with Crippen molar-refractivity contribution in [2.24, 2.45) is 0 Å². The number of aryl methyl sites for hydroxylation is 1. The molecule has 2 aliphatic rings. The summed E-state index contributed by atoms with van der Waals surface area (Å²) in [6.45, 7) is 1.83. The molecule has 2 fully saturated rings. The van der Waals surface area contributed by atoms with E-state index >= 15 is 0 Å². The molecule has 1 aromatic carbocycles. The second-order valence-corrected chi connectivity index (χ2v) is 5.68. The molecular formula is C15H18FNO2. The molecule has 3 rings (SSSR count). The van der Waals surface area contributed by atoms with Gasteiger partial charge in [0, 0.05) is 17.6 Å². The Morgan fingerprint density at radius 1 is 1.32 bits per heavy atom. The van der Waals surface area contributed by atoms with E-state index in [2.05, 4.69) is 0 Å². The third kappa shape index (κ3) is 2.14. The Labute approximate surface area is 112 Å². The molecular weight excluding hydrogens is 245 g/mol. The lowest BCUT2D eigenvalue weighted by Gasteiger charge is -2.37.